The van der Waals surface area contributed by atoms with Crippen LogP contribution < -0.4 is 5.32 Å². The maximum Gasteiger partial charge on any atom is 0.221 e. The van der Waals surface area contributed by atoms with Crippen molar-refractivity contribution in [1.29, 1.82) is 0 Å². The third-order valence-corrected chi connectivity index (χ3v) is 6.26. The molecule has 27 heavy (non-hydrogen) atoms. The van der Waals surface area contributed by atoms with E-state index in [1.54, 1.807) is 18.7 Å². The summed E-state index contributed by atoms with van der Waals surface area (Å²) in [6, 6.07) is 12.4. The molecule has 0 atom stereocenters. The third-order valence-electron chi connectivity index (χ3n) is 5.06. The van der Waals surface area contributed by atoms with E-state index in [1.165, 1.54) is 10.5 Å². The van der Waals surface area contributed by atoms with Gasteiger partial charge in [-0.05, 0) is 31.3 Å². The van der Waals surface area contributed by atoms with Crippen LogP contribution in [0, 0.1) is 0 Å². The van der Waals surface area contributed by atoms with Gasteiger partial charge in [0.1, 0.15) is 5.69 Å². The number of anilines is 1. The fourth-order valence-electron chi connectivity index (χ4n) is 3.63. The quantitative estimate of drug-likeness (QED) is 0.536. The Balaban J connectivity index is 1.85. The Labute approximate surface area is 163 Å². The molecule has 5 nitrogen and oxygen atoms in total. The first-order valence-electron chi connectivity index (χ1n) is 9.43. The molecule has 0 radical (unpaired) electrons. The fourth-order valence-corrected chi connectivity index (χ4v) is 4.80. The van der Waals surface area contributed by atoms with Gasteiger partial charge < -0.3 is 10.2 Å². The van der Waals surface area contributed by atoms with Gasteiger partial charge in [0.25, 0.3) is 0 Å². The lowest BCUT2D eigenvalue weighted by atomic mass is 10.1. The Hall–Kier alpha value is -2.31. The van der Waals surface area contributed by atoms with Crippen molar-refractivity contribution < 1.29 is 4.79 Å². The van der Waals surface area contributed by atoms with Gasteiger partial charge in [0.2, 0.25) is 5.91 Å². The Morgan fingerprint density at radius 2 is 1.96 bits per heavy atom. The van der Waals surface area contributed by atoms with Crippen LogP contribution in [0.5, 0.6) is 0 Å². The van der Waals surface area contributed by atoms with Crippen molar-refractivity contribution in [1.82, 2.24) is 14.7 Å². The molecular formula is C21H24N4OS. The maximum atomic E-state index is 11.7. The van der Waals surface area contributed by atoms with Crippen molar-refractivity contribution in [2.75, 3.05) is 25.0 Å². The number of hydrogen-bond donors (Lipinski definition) is 1. The number of nitrogens with zero attached hydrogens (tertiary/aromatic N) is 3. The molecule has 2 aromatic carbocycles. The smallest absolute Gasteiger partial charge is 0.221 e. The largest absolute Gasteiger partial charge is 0.325 e. The predicted molar refractivity (Wildman–Crippen MR) is 111 cm³/mol. The standard InChI is InChI=1S/C21H24N4OS/c1-4-24(5-2)12-13-25-17-11-10-16(22-14(3)26)21-19(17)20(23-25)15-8-6-7-9-18(15)27-21/h6-11H,4-5,12-13H2,1-3H3,(H,22,26). The number of fused-ring (bicyclic) bond motifs is 2. The predicted octanol–water partition coefficient (Wildman–Crippen LogP) is 4.47. The number of carbonyl (C=O) groups excluding carboxylic acids is 1. The van der Waals surface area contributed by atoms with Gasteiger partial charge >= 0.3 is 0 Å². The van der Waals surface area contributed by atoms with Gasteiger partial charge in [-0.1, -0.05) is 43.8 Å². The maximum absolute atomic E-state index is 11.7. The number of carbonyl (C=O) groups is 1. The van der Waals surface area contributed by atoms with Gasteiger partial charge in [0.05, 0.1) is 17.7 Å². The van der Waals surface area contributed by atoms with E-state index in [9.17, 15) is 4.79 Å². The lowest BCUT2D eigenvalue weighted by Crippen LogP contribution is -2.27. The minimum atomic E-state index is -0.0551. The molecule has 2 heterocycles. The van der Waals surface area contributed by atoms with E-state index in [0.29, 0.717) is 0 Å². The van der Waals surface area contributed by atoms with Gasteiger partial charge in [-0.3, -0.25) is 9.48 Å². The summed E-state index contributed by atoms with van der Waals surface area (Å²) in [5.74, 6) is -0.0551. The molecule has 0 unspecified atom stereocenters. The highest BCUT2D eigenvalue weighted by molar-refractivity contribution is 8.00. The third kappa shape index (κ3) is 3.24. The molecule has 6 heteroatoms. The SMILES string of the molecule is CCN(CC)CCn1nc2c3c(c(NC(C)=O)ccc31)Sc1ccccc1-2. The van der Waals surface area contributed by atoms with E-state index in [2.05, 4.69) is 53.0 Å². The minimum absolute atomic E-state index is 0.0551. The number of hydrogen-bond acceptors (Lipinski definition) is 4. The van der Waals surface area contributed by atoms with Crippen molar-refractivity contribution in [3.05, 3.63) is 36.4 Å². The molecule has 1 amide bonds. The van der Waals surface area contributed by atoms with Gasteiger partial charge in [0, 0.05) is 34.2 Å². The topological polar surface area (TPSA) is 50.2 Å². The van der Waals surface area contributed by atoms with Gasteiger partial charge in [0.15, 0.2) is 0 Å². The molecule has 0 aliphatic carbocycles. The zero-order chi connectivity index (χ0) is 19.0. The van der Waals surface area contributed by atoms with Crippen molar-refractivity contribution in [3.63, 3.8) is 0 Å². The van der Waals surface area contributed by atoms with Crippen molar-refractivity contribution in [3.8, 4) is 11.3 Å². The van der Waals surface area contributed by atoms with Crippen LogP contribution >= 0.6 is 11.8 Å². The van der Waals surface area contributed by atoms with E-state index in [4.69, 9.17) is 5.10 Å². The molecule has 140 valence electrons. The molecule has 0 saturated carbocycles. The average molecular weight is 381 g/mol. The summed E-state index contributed by atoms with van der Waals surface area (Å²) in [5.41, 5.74) is 4.17. The number of benzene rings is 2. The summed E-state index contributed by atoms with van der Waals surface area (Å²) < 4.78 is 2.12. The molecule has 1 aliphatic rings. The molecule has 1 aliphatic heterocycles. The minimum Gasteiger partial charge on any atom is -0.325 e. The Morgan fingerprint density at radius 3 is 2.70 bits per heavy atom. The Bertz CT molecular complexity index is 1010. The van der Waals surface area contributed by atoms with E-state index >= 15 is 0 Å². The number of aromatic nitrogens is 2. The van der Waals surface area contributed by atoms with Crippen molar-refractivity contribution in [2.24, 2.45) is 0 Å². The van der Waals surface area contributed by atoms with Crippen molar-refractivity contribution >= 4 is 34.3 Å². The number of likely N-dealkylation sites (N-methyl/N-ethyl adjacent to an activating group) is 1. The Kier molecular flexibility index (Phi) is 4.93. The zero-order valence-electron chi connectivity index (χ0n) is 16.0. The molecule has 4 rings (SSSR count). The first-order chi connectivity index (χ1) is 13.1. The monoisotopic (exact) mass is 380 g/mol. The second-order valence-corrected chi connectivity index (χ2v) is 7.77. The van der Waals surface area contributed by atoms with E-state index in [-0.39, 0.29) is 5.91 Å². The Morgan fingerprint density at radius 1 is 1.19 bits per heavy atom. The van der Waals surface area contributed by atoms with Crippen LogP contribution in [0.4, 0.5) is 5.69 Å². The fraction of sp³-hybridized carbons (Fsp3) is 0.333. The second-order valence-electron chi connectivity index (χ2n) is 6.71. The molecule has 1 N–H and O–H groups in total. The summed E-state index contributed by atoms with van der Waals surface area (Å²) in [6.45, 7) is 9.83. The summed E-state index contributed by atoms with van der Waals surface area (Å²) in [4.78, 5) is 16.3. The van der Waals surface area contributed by atoms with Crippen LogP contribution in [-0.2, 0) is 11.3 Å². The van der Waals surface area contributed by atoms with Crippen LogP contribution in [0.25, 0.3) is 22.2 Å². The van der Waals surface area contributed by atoms with Gasteiger partial charge in [-0.15, -0.1) is 0 Å². The van der Waals surface area contributed by atoms with E-state index < -0.39 is 0 Å². The average Bonchev–Trinajstić information content (AvgIpc) is 3.04. The molecule has 0 bridgehead atoms. The molecule has 1 aromatic heterocycles. The summed E-state index contributed by atoms with van der Waals surface area (Å²) >= 11 is 1.71. The second kappa shape index (κ2) is 7.37. The van der Waals surface area contributed by atoms with Crippen LogP contribution in [0.3, 0.4) is 0 Å². The normalized spacial score (nSPS) is 12.4. The molecule has 0 spiro atoms. The molecule has 0 saturated heterocycles. The summed E-state index contributed by atoms with van der Waals surface area (Å²) in [7, 11) is 0. The van der Waals surface area contributed by atoms with E-state index in [1.807, 2.05) is 12.1 Å². The molecular weight excluding hydrogens is 356 g/mol. The highest BCUT2D eigenvalue weighted by Crippen LogP contribution is 2.50. The van der Waals surface area contributed by atoms with Crippen LogP contribution in [-0.4, -0.2) is 40.2 Å². The highest BCUT2D eigenvalue weighted by Gasteiger charge is 2.26. The lowest BCUT2D eigenvalue weighted by molar-refractivity contribution is -0.114. The highest BCUT2D eigenvalue weighted by atomic mass is 32.2. The van der Waals surface area contributed by atoms with E-state index in [0.717, 1.165) is 53.4 Å². The number of rotatable bonds is 6. The van der Waals surface area contributed by atoms with Gasteiger partial charge in [-0.2, -0.15) is 5.10 Å². The lowest BCUT2D eigenvalue weighted by Gasteiger charge is -2.18. The number of nitrogens with one attached hydrogen (secondary N) is 1. The van der Waals surface area contributed by atoms with Gasteiger partial charge in [-0.25, -0.2) is 0 Å². The first kappa shape index (κ1) is 18.1. The first-order valence-corrected chi connectivity index (χ1v) is 10.2. The number of amides is 1. The summed E-state index contributed by atoms with van der Waals surface area (Å²) in [6.07, 6.45) is 0. The van der Waals surface area contributed by atoms with Crippen LogP contribution in [0.15, 0.2) is 46.2 Å². The van der Waals surface area contributed by atoms with Crippen LogP contribution in [0.2, 0.25) is 0 Å². The molecule has 0 fully saturated rings. The molecule has 3 aromatic rings. The van der Waals surface area contributed by atoms with Crippen LogP contribution in [0.1, 0.15) is 20.8 Å². The van der Waals surface area contributed by atoms with Crippen molar-refractivity contribution in [2.45, 2.75) is 37.1 Å². The summed E-state index contributed by atoms with van der Waals surface area (Å²) in [5, 5.41) is 9.11. The zero-order valence-corrected chi connectivity index (χ0v) is 16.8.